The van der Waals surface area contributed by atoms with E-state index in [1.54, 1.807) is 12.1 Å². The molecule has 0 saturated carbocycles. The molecule has 2 fully saturated rings. The fourth-order valence-electron chi connectivity index (χ4n) is 5.69. The highest BCUT2D eigenvalue weighted by molar-refractivity contribution is 5.96. The number of hydrogen-bond donors (Lipinski definition) is 0. The monoisotopic (exact) mass is 442 g/mol. The van der Waals surface area contributed by atoms with Crippen LogP contribution in [0.3, 0.4) is 0 Å². The van der Waals surface area contributed by atoms with Crippen LogP contribution in [0.5, 0.6) is 0 Å². The molecule has 0 amide bonds. The van der Waals surface area contributed by atoms with Gasteiger partial charge in [0.05, 0.1) is 0 Å². The van der Waals surface area contributed by atoms with E-state index in [1.807, 2.05) is 0 Å². The van der Waals surface area contributed by atoms with Gasteiger partial charge in [0.25, 0.3) is 0 Å². The number of piperidine rings is 1. The van der Waals surface area contributed by atoms with Crippen molar-refractivity contribution in [3.05, 3.63) is 107 Å². The summed E-state index contributed by atoms with van der Waals surface area (Å²) in [6.07, 6.45) is 2.80. The molecule has 2 saturated heterocycles. The maximum Gasteiger partial charge on any atom is 0.164 e. The standard InChI is InChI=1S/C29H31FN2O/c30-25-13-11-22(12-14-25)28(33)17-18-31-19-20-32-21-26(31)15-16-27(32)29(23-7-3-1-4-8-23)24-9-5-2-6-10-24/h1-14,26-27,29H,15-21H2/t26-,27-/m0/s1. The number of carbonyl (C=O) groups excluding carboxylic acids is 1. The van der Waals surface area contributed by atoms with Crippen LogP contribution in [0, 0.1) is 5.82 Å². The van der Waals surface area contributed by atoms with E-state index in [9.17, 15) is 9.18 Å². The van der Waals surface area contributed by atoms with Crippen LogP contribution in [0.15, 0.2) is 84.9 Å². The summed E-state index contributed by atoms with van der Waals surface area (Å²) < 4.78 is 13.1. The Hall–Kier alpha value is -2.82. The van der Waals surface area contributed by atoms with Crippen LogP contribution in [0.2, 0.25) is 0 Å². The molecule has 0 spiro atoms. The van der Waals surface area contributed by atoms with Crippen molar-refractivity contribution >= 4 is 5.78 Å². The molecule has 2 aliphatic heterocycles. The molecular weight excluding hydrogens is 411 g/mol. The van der Waals surface area contributed by atoms with Gasteiger partial charge < -0.3 is 0 Å². The maximum absolute atomic E-state index is 13.1. The topological polar surface area (TPSA) is 23.6 Å². The van der Waals surface area contributed by atoms with E-state index in [4.69, 9.17) is 0 Å². The first kappa shape index (κ1) is 22.0. The Balaban J connectivity index is 1.25. The Labute approximate surface area is 195 Å². The van der Waals surface area contributed by atoms with Gasteiger partial charge in [-0.15, -0.1) is 0 Å². The first-order valence-electron chi connectivity index (χ1n) is 12.1. The summed E-state index contributed by atoms with van der Waals surface area (Å²) in [6.45, 7) is 3.86. The van der Waals surface area contributed by atoms with Gasteiger partial charge >= 0.3 is 0 Å². The summed E-state index contributed by atoms with van der Waals surface area (Å²) in [5.74, 6) is 0.169. The highest BCUT2D eigenvalue weighted by Gasteiger charge is 2.39. The van der Waals surface area contributed by atoms with Gasteiger partial charge in [-0.2, -0.15) is 0 Å². The number of nitrogens with zero attached hydrogens (tertiary/aromatic N) is 2. The number of rotatable bonds is 7. The van der Waals surface area contributed by atoms with E-state index in [1.165, 1.54) is 23.3 Å². The number of fused-ring (bicyclic) bond motifs is 2. The predicted molar refractivity (Wildman–Crippen MR) is 130 cm³/mol. The lowest BCUT2D eigenvalue weighted by Gasteiger charge is -2.51. The third-order valence-electron chi connectivity index (χ3n) is 7.40. The first-order chi connectivity index (χ1) is 16.2. The van der Waals surface area contributed by atoms with Gasteiger partial charge in [-0.1, -0.05) is 60.7 Å². The second-order valence-electron chi connectivity index (χ2n) is 9.31. The number of hydrogen-bond acceptors (Lipinski definition) is 3. The van der Waals surface area contributed by atoms with Crippen molar-refractivity contribution in [3.8, 4) is 0 Å². The molecule has 2 aliphatic rings. The molecule has 0 aliphatic carbocycles. The van der Waals surface area contributed by atoms with E-state index >= 15 is 0 Å². The molecule has 0 N–H and O–H groups in total. The smallest absolute Gasteiger partial charge is 0.164 e. The van der Waals surface area contributed by atoms with Crippen molar-refractivity contribution in [2.45, 2.75) is 37.3 Å². The summed E-state index contributed by atoms with van der Waals surface area (Å²) in [7, 11) is 0. The Bertz CT molecular complexity index is 1010. The van der Waals surface area contributed by atoms with E-state index in [2.05, 4.69) is 70.5 Å². The molecule has 3 atom stereocenters. The fraction of sp³-hybridized carbons (Fsp3) is 0.345. The number of halogens is 1. The van der Waals surface area contributed by atoms with Crippen molar-refractivity contribution < 1.29 is 9.18 Å². The Morgan fingerprint density at radius 1 is 0.848 bits per heavy atom. The number of piperazine rings is 1. The van der Waals surface area contributed by atoms with E-state index < -0.39 is 0 Å². The minimum atomic E-state index is -0.302. The highest BCUT2D eigenvalue weighted by atomic mass is 19.1. The Kier molecular flexibility index (Phi) is 6.65. The van der Waals surface area contributed by atoms with Crippen LogP contribution in [0.1, 0.15) is 46.7 Å². The largest absolute Gasteiger partial charge is 0.297 e. The average molecular weight is 443 g/mol. The maximum atomic E-state index is 13.1. The van der Waals surface area contributed by atoms with Gasteiger partial charge in [0.2, 0.25) is 0 Å². The molecule has 5 rings (SSSR count). The van der Waals surface area contributed by atoms with Crippen molar-refractivity contribution in [2.24, 2.45) is 0 Å². The number of carbonyl (C=O) groups is 1. The van der Waals surface area contributed by atoms with Gasteiger partial charge in [0, 0.05) is 56.2 Å². The summed E-state index contributed by atoms with van der Waals surface area (Å²) in [6, 6.07) is 28.7. The predicted octanol–water partition coefficient (Wildman–Crippen LogP) is 5.38. The quantitative estimate of drug-likeness (QED) is 0.459. The third-order valence-corrected chi connectivity index (χ3v) is 7.40. The van der Waals surface area contributed by atoms with Crippen molar-refractivity contribution in [2.75, 3.05) is 26.2 Å². The number of Topliss-reactive ketones (excluding diaryl/α,β-unsaturated/α-hetero) is 1. The van der Waals surface area contributed by atoms with Crippen LogP contribution in [-0.2, 0) is 0 Å². The summed E-state index contributed by atoms with van der Waals surface area (Å²) in [4.78, 5) is 17.7. The molecule has 3 aromatic carbocycles. The molecule has 4 heteroatoms. The lowest BCUT2D eigenvalue weighted by molar-refractivity contribution is 0.000586. The second-order valence-corrected chi connectivity index (χ2v) is 9.31. The van der Waals surface area contributed by atoms with Gasteiger partial charge in [-0.3, -0.25) is 14.6 Å². The SMILES string of the molecule is O=C(CCN1CCN2C[C@@H]1CC[C@H]2C(c1ccccc1)c1ccccc1)c1ccc(F)cc1. The van der Waals surface area contributed by atoms with Crippen LogP contribution >= 0.6 is 0 Å². The molecule has 2 bridgehead atoms. The normalized spacial score (nSPS) is 22.9. The van der Waals surface area contributed by atoms with Gasteiger partial charge in [0.1, 0.15) is 5.82 Å². The summed E-state index contributed by atoms with van der Waals surface area (Å²) in [5, 5.41) is 0. The number of benzene rings is 3. The van der Waals surface area contributed by atoms with E-state index in [-0.39, 0.29) is 11.6 Å². The molecular formula is C29H31FN2O. The molecule has 3 nitrogen and oxygen atoms in total. The molecule has 0 radical (unpaired) electrons. The number of ketones is 1. The van der Waals surface area contributed by atoms with Crippen molar-refractivity contribution in [1.82, 2.24) is 9.80 Å². The Morgan fingerprint density at radius 2 is 1.48 bits per heavy atom. The Morgan fingerprint density at radius 3 is 2.12 bits per heavy atom. The third kappa shape index (κ3) is 4.92. The highest BCUT2D eigenvalue weighted by Crippen LogP contribution is 2.37. The lowest BCUT2D eigenvalue weighted by atomic mass is 9.79. The zero-order valence-electron chi connectivity index (χ0n) is 18.9. The zero-order valence-corrected chi connectivity index (χ0v) is 18.9. The van der Waals surface area contributed by atoms with Crippen molar-refractivity contribution in [1.29, 1.82) is 0 Å². The van der Waals surface area contributed by atoms with Gasteiger partial charge in [-0.05, 0) is 48.2 Å². The van der Waals surface area contributed by atoms with Crippen LogP contribution in [0.25, 0.3) is 0 Å². The fourth-order valence-corrected chi connectivity index (χ4v) is 5.69. The molecule has 170 valence electrons. The minimum Gasteiger partial charge on any atom is -0.297 e. The summed E-state index contributed by atoms with van der Waals surface area (Å²) in [5.41, 5.74) is 3.38. The summed E-state index contributed by atoms with van der Waals surface area (Å²) >= 11 is 0. The van der Waals surface area contributed by atoms with E-state index in [0.29, 0.717) is 30.0 Å². The molecule has 3 aromatic rings. The lowest BCUT2D eigenvalue weighted by Crippen LogP contribution is -2.60. The van der Waals surface area contributed by atoms with Crippen LogP contribution in [-0.4, -0.2) is 53.8 Å². The molecule has 0 aromatic heterocycles. The van der Waals surface area contributed by atoms with Crippen LogP contribution < -0.4 is 0 Å². The van der Waals surface area contributed by atoms with E-state index in [0.717, 1.165) is 39.0 Å². The van der Waals surface area contributed by atoms with Crippen LogP contribution in [0.4, 0.5) is 4.39 Å². The van der Waals surface area contributed by atoms with Crippen molar-refractivity contribution in [3.63, 3.8) is 0 Å². The molecule has 33 heavy (non-hydrogen) atoms. The first-order valence-corrected chi connectivity index (χ1v) is 12.1. The minimum absolute atomic E-state index is 0.0966. The second kappa shape index (κ2) is 9.98. The average Bonchev–Trinajstić information content (AvgIpc) is 2.87. The zero-order chi connectivity index (χ0) is 22.6. The molecule has 2 heterocycles. The van der Waals surface area contributed by atoms with Gasteiger partial charge in [0.15, 0.2) is 5.78 Å². The van der Waals surface area contributed by atoms with Gasteiger partial charge in [-0.25, -0.2) is 4.39 Å². The molecule has 1 unspecified atom stereocenters.